The van der Waals surface area contributed by atoms with Gasteiger partial charge in [-0.25, -0.2) is 4.98 Å². The van der Waals surface area contributed by atoms with Crippen LogP contribution in [0, 0.1) is 11.8 Å². The number of nitrogens with two attached hydrogens (primary N) is 1. The average Bonchev–Trinajstić information content (AvgIpc) is 3.09. The number of carbonyl (C=O) groups is 1. The second kappa shape index (κ2) is 9.44. The molecule has 1 fully saturated rings. The van der Waals surface area contributed by atoms with Crippen LogP contribution in [-0.2, 0) is 19.5 Å². The Morgan fingerprint density at radius 1 is 1.26 bits per heavy atom. The van der Waals surface area contributed by atoms with E-state index in [0.717, 1.165) is 36.5 Å². The summed E-state index contributed by atoms with van der Waals surface area (Å²) >= 11 is 1.49. The van der Waals surface area contributed by atoms with E-state index in [1.165, 1.54) is 28.9 Å². The molecule has 1 amide bonds. The summed E-state index contributed by atoms with van der Waals surface area (Å²) in [7, 11) is 0. The molecule has 0 bridgehead atoms. The van der Waals surface area contributed by atoms with Gasteiger partial charge in [0.25, 0.3) is 5.91 Å². The van der Waals surface area contributed by atoms with Crippen LogP contribution in [-0.4, -0.2) is 35.4 Å². The van der Waals surface area contributed by atoms with Crippen molar-refractivity contribution in [1.29, 1.82) is 0 Å². The molecule has 1 aliphatic rings. The van der Waals surface area contributed by atoms with E-state index in [-0.39, 0.29) is 5.91 Å². The molecule has 2 aromatic rings. The van der Waals surface area contributed by atoms with Crippen molar-refractivity contribution in [3.05, 3.63) is 51.5 Å². The van der Waals surface area contributed by atoms with E-state index in [4.69, 9.17) is 5.73 Å². The van der Waals surface area contributed by atoms with E-state index in [0.29, 0.717) is 25.2 Å². The van der Waals surface area contributed by atoms with E-state index in [1.54, 1.807) is 0 Å². The lowest BCUT2D eigenvalue weighted by molar-refractivity contribution is 0.0946. The Morgan fingerprint density at radius 3 is 2.67 bits per heavy atom. The summed E-state index contributed by atoms with van der Waals surface area (Å²) < 4.78 is 0. The second-order valence-corrected chi connectivity index (χ2v) is 8.70. The Bertz CT molecular complexity index is 750. The van der Waals surface area contributed by atoms with Crippen molar-refractivity contribution in [2.45, 2.75) is 39.8 Å². The van der Waals surface area contributed by atoms with Gasteiger partial charge in [-0.2, -0.15) is 0 Å². The predicted molar refractivity (Wildman–Crippen MR) is 111 cm³/mol. The third-order valence-electron chi connectivity index (χ3n) is 5.04. The molecule has 27 heavy (non-hydrogen) atoms. The van der Waals surface area contributed by atoms with Gasteiger partial charge in [0, 0.05) is 38.0 Å². The number of rotatable bonds is 7. The Hall–Kier alpha value is -1.76. The number of amides is 1. The predicted octanol–water partition coefficient (Wildman–Crippen LogP) is 3.05. The van der Waals surface area contributed by atoms with Crippen molar-refractivity contribution in [3.8, 4) is 0 Å². The minimum Gasteiger partial charge on any atom is -0.347 e. The number of thiazole rings is 1. The van der Waals surface area contributed by atoms with Gasteiger partial charge in [-0.15, -0.1) is 11.3 Å². The first-order chi connectivity index (χ1) is 13.0. The fraction of sp³-hybridized carbons (Fsp3) is 0.524. The number of carbonyl (C=O) groups excluding carboxylic acids is 1. The van der Waals surface area contributed by atoms with Gasteiger partial charge in [0.15, 0.2) is 0 Å². The van der Waals surface area contributed by atoms with Crippen LogP contribution in [0.5, 0.6) is 0 Å². The van der Waals surface area contributed by atoms with Gasteiger partial charge in [0.2, 0.25) is 0 Å². The molecule has 1 aliphatic heterocycles. The number of piperidine rings is 1. The highest BCUT2D eigenvalue weighted by Crippen LogP contribution is 2.23. The van der Waals surface area contributed by atoms with Gasteiger partial charge < -0.3 is 11.1 Å². The number of benzene rings is 1. The zero-order valence-electron chi connectivity index (χ0n) is 16.3. The summed E-state index contributed by atoms with van der Waals surface area (Å²) in [6.07, 6.45) is 2.03. The third kappa shape index (κ3) is 5.61. The maximum Gasteiger partial charge on any atom is 0.271 e. The molecule has 3 N–H and O–H groups in total. The molecule has 1 aromatic carbocycles. The summed E-state index contributed by atoms with van der Waals surface area (Å²) in [4.78, 5) is 19.3. The molecule has 5 nitrogen and oxygen atoms in total. The summed E-state index contributed by atoms with van der Waals surface area (Å²) in [5.41, 5.74) is 8.51. The number of hydrogen-bond acceptors (Lipinski definition) is 5. The zero-order chi connectivity index (χ0) is 19.2. The quantitative estimate of drug-likeness (QED) is 0.767. The Balaban J connectivity index is 1.61. The molecular weight excluding hydrogens is 356 g/mol. The van der Waals surface area contributed by atoms with Crippen molar-refractivity contribution < 1.29 is 4.79 Å². The van der Waals surface area contributed by atoms with Gasteiger partial charge in [-0.05, 0) is 35.9 Å². The number of hydrogen-bond donors (Lipinski definition) is 2. The minimum absolute atomic E-state index is 0.121. The number of aromatic nitrogens is 1. The lowest BCUT2D eigenvalue weighted by Gasteiger charge is -2.35. The molecule has 0 spiro atoms. The Labute approximate surface area is 166 Å². The fourth-order valence-electron chi connectivity index (χ4n) is 3.97. The highest BCUT2D eigenvalue weighted by Gasteiger charge is 2.22. The molecule has 2 atom stereocenters. The number of nitrogens with one attached hydrogen (secondary N) is 1. The summed E-state index contributed by atoms with van der Waals surface area (Å²) in [5, 5.41) is 5.74. The van der Waals surface area contributed by atoms with E-state index in [2.05, 4.69) is 47.2 Å². The van der Waals surface area contributed by atoms with E-state index >= 15 is 0 Å². The summed E-state index contributed by atoms with van der Waals surface area (Å²) in [6, 6.07) is 8.40. The third-order valence-corrected chi connectivity index (χ3v) is 5.95. The highest BCUT2D eigenvalue weighted by atomic mass is 32.1. The molecule has 2 unspecified atom stereocenters. The van der Waals surface area contributed by atoms with Crippen molar-refractivity contribution in [3.63, 3.8) is 0 Å². The highest BCUT2D eigenvalue weighted by molar-refractivity contribution is 7.09. The van der Waals surface area contributed by atoms with Crippen molar-refractivity contribution in [2.75, 3.05) is 19.6 Å². The molecule has 2 heterocycles. The van der Waals surface area contributed by atoms with Crippen LogP contribution in [0.25, 0.3) is 0 Å². The van der Waals surface area contributed by atoms with Crippen molar-refractivity contribution in [1.82, 2.24) is 15.2 Å². The molecule has 0 saturated carbocycles. The standard InChI is InChI=1S/C21H30N4OS/c1-15-9-16(2)12-25(11-15)13-18-6-4-3-5-17(18)10-23-21(26)19-14-27-20(24-19)7-8-22/h3-6,14-16H,7-13,22H2,1-2H3,(H,23,26). The van der Waals surface area contributed by atoms with Crippen molar-refractivity contribution >= 4 is 17.2 Å². The largest absolute Gasteiger partial charge is 0.347 e. The van der Waals surface area contributed by atoms with Crippen molar-refractivity contribution in [2.24, 2.45) is 17.6 Å². The van der Waals surface area contributed by atoms with Gasteiger partial charge >= 0.3 is 0 Å². The fourth-order valence-corrected chi connectivity index (χ4v) is 4.76. The monoisotopic (exact) mass is 386 g/mol. The lowest BCUT2D eigenvalue weighted by Crippen LogP contribution is -2.38. The maximum absolute atomic E-state index is 12.4. The minimum atomic E-state index is -0.121. The molecular formula is C21H30N4OS. The van der Waals surface area contributed by atoms with Crippen LogP contribution in [0.3, 0.4) is 0 Å². The van der Waals surface area contributed by atoms with Crippen LogP contribution in [0.2, 0.25) is 0 Å². The number of likely N-dealkylation sites (tertiary alicyclic amines) is 1. The van der Waals surface area contributed by atoms with Crippen LogP contribution in [0.15, 0.2) is 29.6 Å². The Kier molecular flexibility index (Phi) is 6.99. The van der Waals surface area contributed by atoms with Gasteiger partial charge in [0.1, 0.15) is 5.69 Å². The SMILES string of the molecule is CC1CC(C)CN(Cc2ccccc2CNC(=O)c2csc(CCN)n2)C1. The van der Waals surface area contributed by atoms with Crippen LogP contribution in [0.4, 0.5) is 0 Å². The average molecular weight is 387 g/mol. The number of nitrogens with zero attached hydrogens (tertiary/aromatic N) is 2. The summed E-state index contributed by atoms with van der Waals surface area (Å²) in [5.74, 6) is 1.37. The second-order valence-electron chi connectivity index (χ2n) is 7.76. The topological polar surface area (TPSA) is 71.2 Å². The van der Waals surface area contributed by atoms with E-state index in [1.807, 2.05) is 11.4 Å². The first kappa shape index (κ1) is 20.0. The molecule has 0 radical (unpaired) electrons. The summed E-state index contributed by atoms with van der Waals surface area (Å²) in [6.45, 7) is 8.98. The molecule has 146 valence electrons. The molecule has 6 heteroatoms. The van der Waals surface area contributed by atoms with Gasteiger partial charge in [0.05, 0.1) is 5.01 Å². The van der Waals surface area contributed by atoms with E-state index in [9.17, 15) is 4.79 Å². The molecule has 1 aromatic heterocycles. The van der Waals surface area contributed by atoms with Crippen LogP contribution in [0.1, 0.15) is 46.9 Å². The smallest absolute Gasteiger partial charge is 0.271 e. The molecule has 3 rings (SSSR count). The normalized spacial score (nSPS) is 20.6. The first-order valence-corrected chi connectivity index (χ1v) is 10.6. The zero-order valence-corrected chi connectivity index (χ0v) is 17.1. The van der Waals surface area contributed by atoms with Gasteiger partial charge in [-0.3, -0.25) is 9.69 Å². The Morgan fingerprint density at radius 2 is 1.96 bits per heavy atom. The van der Waals surface area contributed by atoms with Crippen LogP contribution < -0.4 is 11.1 Å². The molecule has 0 aliphatic carbocycles. The molecule has 1 saturated heterocycles. The maximum atomic E-state index is 12.4. The van der Waals surface area contributed by atoms with Crippen LogP contribution >= 0.6 is 11.3 Å². The first-order valence-electron chi connectivity index (χ1n) is 9.77. The lowest BCUT2D eigenvalue weighted by atomic mass is 9.91. The van der Waals surface area contributed by atoms with E-state index < -0.39 is 0 Å². The van der Waals surface area contributed by atoms with Gasteiger partial charge in [-0.1, -0.05) is 38.1 Å².